The van der Waals surface area contributed by atoms with Crippen molar-refractivity contribution in [1.82, 2.24) is 4.57 Å². The van der Waals surface area contributed by atoms with Gasteiger partial charge in [-0.1, -0.05) is 19.9 Å². The van der Waals surface area contributed by atoms with Gasteiger partial charge in [0, 0.05) is 24.2 Å². The van der Waals surface area contributed by atoms with Gasteiger partial charge in [-0.25, -0.2) is 0 Å². The summed E-state index contributed by atoms with van der Waals surface area (Å²) in [5.41, 5.74) is 1.05. The van der Waals surface area contributed by atoms with Gasteiger partial charge in [0.2, 0.25) is 0 Å². The minimum atomic E-state index is 0.152. The molecule has 1 aromatic rings. The van der Waals surface area contributed by atoms with Crippen molar-refractivity contribution in [1.29, 1.82) is 0 Å². The van der Waals surface area contributed by atoms with E-state index in [0.717, 1.165) is 25.3 Å². The Morgan fingerprint density at radius 3 is 2.80 bits per heavy atom. The Balaban J connectivity index is 2.23. The summed E-state index contributed by atoms with van der Waals surface area (Å²) < 4.78 is 6.92. The van der Waals surface area contributed by atoms with Crippen LogP contribution in [0.5, 0.6) is 0 Å². The third kappa shape index (κ3) is 2.12. The molecule has 0 unspecified atom stereocenters. The fourth-order valence-corrected chi connectivity index (χ4v) is 1.81. The molecule has 0 N–H and O–H groups in total. The van der Waals surface area contributed by atoms with Gasteiger partial charge in [-0.2, -0.15) is 0 Å². The standard InChI is InChI=1S/C12H17NO2/c1-9(2)11-4-3-5-13(12(11)14)6-10-7-15-8-10/h3-5,9-10H,6-8H2,1-2H3. The molecule has 3 heteroatoms. The molecular weight excluding hydrogens is 190 g/mol. The number of rotatable bonds is 3. The number of ether oxygens (including phenoxy) is 1. The molecule has 0 amide bonds. The van der Waals surface area contributed by atoms with Crippen molar-refractivity contribution < 1.29 is 4.74 Å². The third-order valence-corrected chi connectivity index (χ3v) is 2.83. The maximum absolute atomic E-state index is 12.0. The van der Waals surface area contributed by atoms with Gasteiger partial charge in [-0.05, 0) is 12.0 Å². The Morgan fingerprint density at radius 1 is 1.53 bits per heavy atom. The van der Waals surface area contributed by atoms with Crippen molar-refractivity contribution in [2.75, 3.05) is 13.2 Å². The van der Waals surface area contributed by atoms with Crippen molar-refractivity contribution >= 4 is 0 Å². The second-order valence-electron chi connectivity index (χ2n) is 4.48. The molecule has 3 nitrogen and oxygen atoms in total. The van der Waals surface area contributed by atoms with E-state index in [1.165, 1.54) is 0 Å². The van der Waals surface area contributed by atoms with E-state index >= 15 is 0 Å². The fraction of sp³-hybridized carbons (Fsp3) is 0.583. The highest BCUT2D eigenvalue weighted by Gasteiger charge is 2.19. The SMILES string of the molecule is CC(C)c1cccn(CC2COC2)c1=O. The van der Waals surface area contributed by atoms with E-state index in [2.05, 4.69) is 0 Å². The zero-order valence-electron chi connectivity index (χ0n) is 9.27. The number of hydrogen-bond donors (Lipinski definition) is 0. The van der Waals surface area contributed by atoms with Crippen LogP contribution in [0.4, 0.5) is 0 Å². The highest BCUT2D eigenvalue weighted by atomic mass is 16.5. The summed E-state index contributed by atoms with van der Waals surface area (Å²) in [6.45, 7) is 6.47. The van der Waals surface area contributed by atoms with E-state index in [9.17, 15) is 4.79 Å². The second-order valence-corrected chi connectivity index (χ2v) is 4.48. The highest BCUT2D eigenvalue weighted by molar-refractivity contribution is 5.14. The van der Waals surface area contributed by atoms with Gasteiger partial charge >= 0.3 is 0 Å². The maximum Gasteiger partial charge on any atom is 0.253 e. The van der Waals surface area contributed by atoms with Crippen molar-refractivity contribution in [3.8, 4) is 0 Å². The van der Waals surface area contributed by atoms with E-state index in [4.69, 9.17) is 4.74 Å². The van der Waals surface area contributed by atoms with Gasteiger partial charge in [-0.3, -0.25) is 4.79 Å². The van der Waals surface area contributed by atoms with Gasteiger partial charge in [0.15, 0.2) is 0 Å². The Kier molecular flexibility index (Phi) is 2.91. The quantitative estimate of drug-likeness (QED) is 0.754. The number of hydrogen-bond acceptors (Lipinski definition) is 2. The molecule has 1 aliphatic heterocycles. The first kappa shape index (κ1) is 10.4. The zero-order valence-corrected chi connectivity index (χ0v) is 9.27. The van der Waals surface area contributed by atoms with E-state index < -0.39 is 0 Å². The van der Waals surface area contributed by atoms with Crippen LogP contribution in [0.1, 0.15) is 25.3 Å². The van der Waals surface area contributed by atoms with Crippen LogP contribution in [0.15, 0.2) is 23.1 Å². The second kappa shape index (κ2) is 4.19. The Hall–Kier alpha value is -1.09. The maximum atomic E-state index is 12.0. The lowest BCUT2D eigenvalue weighted by molar-refractivity contribution is -0.0398. The molecule has 1 aliphatic rings. The monoisotopic (exact) mass is 207 g/mol. The summed E-state index contributed by atoms with van der Waals surface area (Å²) in [5.74, 6) is 0.813. The summed E-state index contributed by atoms with van der Waals surface area (Å²) in [7, 11) is 0. The average Bonchev–Trinajstić information content (AvgIpc) is 2.13. The van der Waals surface area contributed by atoms with Crippen LogP contribution in [0.3, 0.4) is 0 Å². The molecule has 0 atom stereocenters. The Morgan fingerprint density at radius 2 is 2.27 bits per heavy atom. The van der Waals surface area contributed by atoms with Gasteiger partial charge < -0.3 is 9.30 Å². The summed E-state index contributed by atoms with van der Waals surface area (Å²) in [5, 5.41) is 0. The molecule has 2 heterocycles. The predicted molar refractivity (Wildman–Crippen MR) is 59.1 cm³/mol. The first-order valence-corrected chi connectivity index (χ1v) is 5.45. The van der Waals surface area contributed by atoms with Crippen molar-refractivity contribution in [3.63, 3.8) is 0 Å². The van der Waals surface area contributed by atoms with Gasteiger partial charge in [0.25, 0.3) is 5.56 Å². The zero-order chi connectivity index (χ0) is 10.8. The minimum Gasteiger partial charge on any atom is -0.381 e. The Labute approximate surface area is 89.7 Å². The van der Waals surface area contributed by atoms with Crippen molar-refractivity contribution in [2.24, 2.45) is 5.92 Å². The smallest absolute Gasteiger partial charge is 0.253 e. The average molecular weight is 207 g/mol. The summed E-state index contributed by atoms with van der Waals surface area (Å²) in [6.07, 6.45) is 1.87. The van der Waals surface area contributed by atoms with Crippen LogP contribution in [-0.4, -0.2) is 17.8 Å². The fourth-order valence-electron chi connectivity index (χ4n) is 1.81. The molecule has 0 saturated carbocycles. The lowest BCUT2D eigenvalue weighted by atomic mass is 10.0. The van der Waals surface area contributed by atoms with Crippen LogP contribution >= 0.6 is 0 Å². The molecule has 1 saturated heterocycles. The van der Waals surface area contributed by atoms with Gasteiger partial charge in [-0.15, -0.1) is 0 Å². The molecule has 0 aliphatic carbocycles. The largest absolute Gasteiger partial charge is 0.381 e. The normalized spacial score (nSPS) is 16.7. The minimum absolute atomic E-state index is 0.152. The Bertz CT molecular complexity index is 391. The van der Waals surface area contributed by atoms with Crippen LogP contribution in [0, 0.1) is 5.92 Å². The lowest BCUT2D eigenvalue weighted by Gasteiger charge is -2.26. The first-order valence-electron chi connectivity index (χ1n) is 5.45. The van der Waals surface area contributed by atoms with E-state index in [0.29, 0.717) is 11.8 Å². The number of aromatic nitrogens is 1. The topological polar surface area (TPSA) is 31.2 Å². The highest BCUT2D eigenvalue weighted by Crippen LogP contribution is 2.13. The molecular formula is C12H17NO2. The third-order valence-electron chi connectivity index (χ3n) is 2.83. The molecule has 15 heavy (non-hydrogen) atoms. The van der Waals surface area contributed by atoms with Gasteiger partial charge in [0.05, 0.1) is 13.2 Å². The summed E-state index contributed by atoms with van der Waals surface area (Å²) >= 11 is 0. The van der Waals surface area contributed by atoms with Crippen LogP contribution in [-0.2, 0) is 11.3 Å². The molecule has 1 fully saturated rings. The molecule has 1 aromatic heterocycles. The van der Waals surface area contributed by atoms with Crippen LogP contribution < -0.4 is 5.56 Å². The van der Waals surface area contributed by atoms with Gasteiger partial charge in [0.1, 0.15) is 0 Å². The van der Waals surface area contributed by atoms with E-state index in [1.54, 1.807) is 0 Å². The number of nitrogens with zero attached hydrogens (tertiary/aromatic N) is 1. The first-order chi connectivity index (χ1) is 7.18. The van der Waals surface area contributed by atoms with E-state index in [-0.39, 0.29) is 5.56 Å². The molecule has 0 aromatic carbocycles. The molecule has 2 rings (SSSR count). The van der Waals surface area contributed by atoms with Crippen molar-refractivity contribution in [2.45, 2.75) is 26.3 Å². The molecule has 0 radical (unpaired) electrons. The van der Waals surface area contributed by atoms with Crippen molar-refractivity contribution in [3.05, 3.63) is 34.2 Å². The lowest BCUT2D eigenvalue weighted by Crippen LogP contribution is -2.35. The van der Waals surface area contributed by atoms with Crippen LogP contribution in [0.25, 0.3) is 0 Å². The van der Waals surface area contributed by atoms with Crippen LogP contribution in [0.2, 0.25) is 0 Å². The molecule has 0 bridgehead atoms. The summed E-state index contributed by atoms with van der Waals surface area (Å²) in [4.78, 5) is 12.0. The predicted octanol–water partition coefficient (Wildman–Crippen LogP) is 1.62. The van der Waals surface area contributed by atoms with E-state index in [1.807, 2.05) is 36.7 Å². The summed E-state index contributed by atoms with van der Waals surface area (Å²) in [6, 6.07) is 3.87. The molecule has 0 spiro atoms. The molecule has 82 valence electrons. The number of pyridine rings is 1.